The Bertz CT molecular complexity index is 606. The zero-order chi connectivity index (χ0) is 14.7. The summed E-state index contributed by atoms with van der Waals surface area (Å²) in [6, 6.07) is 6.02. The largest absolute Gasteiger partial charge is 0.330 e. The van der Waals surface area contributed by atoms with Crippen molar-refractivity contribution in [3.05, 3.63) is 45.7 Å². The highest BCUT2D eigenvalue weighted by molar-refractivity contribution is 7.99. The molecular weight excluding hydrogens is 290 g/mol. The fourth-order valence-electron chi connectivity index (χ4n) is 1.83. The summed E-state index contributed by atoms with van der Waals surface area (Å²) in [6.45, 7) is 6.66. The molecule has 0 unspecified atom stereocenters. The van der Waals surface area contributed by atoms with Gasteiger partial charge in [-0.05, 0) is 68.8 Å². The maximum absolute atomic E-state index is 6.31. The van der Waals surface area contributed by atoms with Gasteiger partial charge in [-0.15, -0.1) is 0 Å². The number of hydrogen-bond donors (Lipinski definition) is 1. The minimum Gasteiger partial charge on any atom is -0.330 e. The molecule has 1 aromatic carbocycles. The van der Waals surface area contributed by atoms with Crippen LogP contribution in [0.15, 0.2) is 28.3 Å². The number of benzene rings is 1. The molecule has 0 aliphatic heterocycles. The van der Waals surface area contributed by atoms with Crippen molar-refractivity contribution < 1.29 is 0 Å². The molecule has 20 heavy (non-hydrogen) atoms. The number of hydrogen-bond acceptors (Lipinski definition) is 4. The third-order valence-corrected chi connectivity index (χ3v) is 4.61. The first kappa shape index (κ1) is 15.3. The van der Waals surface area contributed by atoms with Gasteiger partial charge in [0.2, 0.25) is 0 Å². The molecule has 2 aromatic rings. The molecule has 0 bridgehead atoms. The topological polar surface area (TPSA) is 51.8 Å². The lowest BCUT2D eigenvalue weighted by Crippen LogP contribution is -2.02. The highest BCUT2D eigenvalue weighted by Gasteiger charge is 2.09. The van der Waals surface area contributed by atoms with Gasteiger partial charge < -0.3 is 5.73 Å². The van der Waals surface area contributed by atoms with Gasteiger partial charge in [-0.3, -0.25) is 0 Å². The predicted molar refractivity (Wildman–Crippen MR) is 84.6 cm³/mol. The quantitative estimate of drug-likeness (QED) is 0.875. The van der Waals surface area contributed by atoms with E-state index in [0.717, 1.165) is 44.0 Å². The molecule has 0 atom stereocenters. The summed E-state index contributed by atoms with van der Waals surface area (Å²) in [5.74, 6) is 0. The summed E-state index contributed by atoms with van der Waals surface area (Å²) in [5, 5.41) is 1.46. The molecular formula is C15H18ClN3S. The van der Waals surface area contributed by atoms with Gasteiger partial charge in [-0.1, -0.05) is 17.7 Å². The molecule has 0 fully saturated rings. The molecule has 0 saturated heterocycles. The van der Waals surface area contributed by atoms with E-state index in [0.29, 0.717) is 6.54 Å². The van der Waals surface area contributed by atoms with Crippen LogP contribution in [-0.2, 0) is 6.42 Å². The SMILES string of the molecule is Cc1nc(Sc2ccc(CCN)cc2Cl)nc(C)c1C. The normalized spacial score (nSPS) is 10.8. The zero-order valence-corrected chi connectivity index (χ0v) is 13.5. The van der Waals surface area contributed by atoms with Crippen molar-refractivity contribution in [3.63, 3.8) is 0 Å². The molecule has 0 radical (unpaired) electrons. The van der Waals surface area contributed by atoms with E-state index in [-0.39, 0.29) is 0 Å². The number of nitrogens with two attached hydrogens (primary N) is 1. The Morgan fingerprint density at radius 2 is 1.80 bits per heavy atom. The van der Waals surface area contributed by atoms with Crippen molar-refractivity contribution in [2.45, 2.75) is 37.2 Å². The van der Waals surface area contributed by atoms with Crippen molar-refractivity contribution in [3.8, 4) is 0 Å². The average molecular weight is 308 g/mol. The molecule has 0 amide bonds. The van der Waals surface area contributed by atoms with E-state index in [1.54, 1.807) is 0 Å². The van der Waals surface area contributed by atoms with Gasteiger partial charge >= 0.3 is 0 Å². The van der Waals surface area contributed by atoms with E-state index in [1.807, 2.05) is 32.9 Å². The maximum Gasteiger partial charge on any atom is 0.192 e. The molecule has 0 spiro atoms. The predicted octanol–water partition coefficient (Wildman–Crippen LogP) is 3.71. The Hall–Kier alpha value is -1.10. The van der Waals surface area contributed by atoms with Crippen LogP contribution in [0.25, 0.3) is 0 Å². The van der Waals surface area contributed by atoms with E-state index in [4.69, 9.17) is 17.3 Å². The molecule has 0 aliphatic rings. The summed E-state index contributed by atoms with van der Waals surface area (Å²) in [6.07, 6.45) is 0.837. The third kappa shape index (κ3) is 3.51. The van der Waals surface area contributed by atoms with Crippen molar-refractivity contribution in [2.75, 3.05) is 6.54 Å². The van der Waals surface area contributed by atoms with Crippen LogP contribution in [0.3, 0.4) is 0 Å². The average Bonchev–Trinajstić information content (AvgIpc) is 2.39. The molecule has 3 nitrogen and oxygen atoms in total. The van der Waals surface area contributed by atoms with E-state index in [1.165, 1.54) is 11.8 Å². The van der Waals surface area contributed by atoms with Gasteiger partial charge in [0.05, 0.1) is 5.02 Å². The van der Waals surface area contributed by atoms with Crippen molar-refractivity contribution in [2.24, 2.45) is 5.73 Å². The van der Waals surface area contributed by atoms with Gasteiger partial charge in [-0.25, -0.2) is 9.97 Å². The fraction of sp³-hybridized carbons (Fsp3) is 0.333. The standard InChI is InChI=1S/C15H18ClN3S/c1-9-10(2)18-15(19-11(9)3)20-14-5-4-12(6-7-17)8-13(14)16/h4-5,8H,6-7,17H2,1-3H3. The van der Waals surface area contributed by atoms with Crippen molar-refractivity contribution in [1.29, 1.82) is 0 Å². The third-order valence-electron chi connectivity index (χ3n) is 3.24. The first-order valence-electron chi connectivity index (χ1n) is 6.49. The molecule has 0 aliphatic carbocycles. The van der Waals surface area contributed by atoms with Crippen LogP contribution >= 0.6 is 23.4 Å². The summed E-state index contributed by atoms with van der Waals surface area (Å²) in [5.41, 5.74) is 9.86. The lowest BCUT2D eigenvalue weighted by molar-refractivity contribution is 0.881. The first-order valence-corrected chi connectivity index (χ1v) is 7.69. The summed E-state index contributed by atoms with van der Waals surface area (Å²) >= 11 is 7.80. The number of halogens is 1. The van der Waals surface area contributed by atoms with Crippen LogP contribution in [0, 0.1) is 20.8 Å². The highest BCUT2D eigenvalue weighted by Crippen LogP contribution is 2.32. The van der Waals surface area contributed by atoms with Gasteiger partial charge in [0, 0.05) is 16.3 Å². The number of rotatable bonds is 4. The van der Waals surface area contributed by atoms with Gasteiger partial charge in [-0.2, -0.15) is 0 Å². The lowest BCUT2D eigenvalue weighted by Gasteiger charge is -2.08. The van der Waals surface area contributed by atoms with Crippen molar-refractivity contribution >= 4 is 23.4 Å². The van der Waals surface area contributed by atoms with Gasteiger partial charge in [0.1, 0.15) is 0 Å². The molecule has 0 saturated carbocycles. The molecule has 2 N–H and O–H groups in total. The van der Waals surface area contributed by atoms with E-state index >= 15 is 0 Å². The molecule has 106 valence electrons. The second-order valence-corrected chi connectivity index (χ2v) is 6.12. The van der Waals surface area contributed by atoms with Crippen LogP contribution in [0.5, 0.6) is 0 Å². The fourth-order valence-corrected chi connectivity index (χ4v) is 3.01. The van der Waals surface area contributed by atoms with Crippen LogP contribution in [0.2, 0.25) is 5.02 Å². The second kappa shape index (κ2) is 6.57. The molecule has 5 heteroatoms. The smallest absolute Gasteiger partial charge is 0.192 e. The maximum atomic E-state index is 6.31. The van der Waals surface area contributed by atoms with Crippen LogP contribution in [-0.4, -0.2) is 16.5 Å². The molecule has 2 rings (SSSR count). The van der Waals surface area contributed by atoms with Crippen LogP contribution < -0.4 is 5.73 Å². The highest BCUT2D eigenvalue weighted by atomic mass is 35.5. The Balaban J connectivity index is 2.26. The molecule has 1 aromatic heterocycles. The number of aromatic nitrogens is 2. The Labute approximate surface area is 129 Å². The minimum absolute atomic E-state index is 0.627. The Morgan fingerprint density at radius 3 is 2.35 bits per heavy atom. The minimum atomic E-state index is 0.627. The van der Waals surface area contributed by atoms with Gasteiger partial charge in [0.25, 0.3) is 0 Å². The Morgan fingerprint density at radius 1 is 1.15 bits per heavy atom. The van der Waals surface area contributed by atoms with Crippen LogP contribution in [0.1, 0.15) is 22.5 Å². The summed E-state index contributed by atoms with van der Waals surface area (Å²) in [7, 11) is 0. The Kier molecular flexibility index (Phi) is 5.02. The van der Waals surface area contributed by atoms with Crippen molar-refractivity contribution in [1.82, 2.24) is 9.97 Å². The number of aryl methyl sites for hydroxylation is 2. The first-order chi connectivity index (χ1) is 9.51. The van der Waals surface area contributed by atoms with Crippen LogP contribution in [0.4, 0.5) is 0 Å². The number of nitrogens with zero attached hydrogens (tertiary/aromatic N) is 2. The van der Waals surface area contributed by atoms with E-state index < -0.39 is 0 Å². The summed E-state index contributed by atoms with van der Waals surface area (Å²) < 4.78 is 0. The zero-order valence-electron chi connectivity index (χ0n) is 11.9. The molecule has 1 heterocycles. The summed E-state index contributed by atoms with van der Waals surface area (Å²) in [4.78, 5) is 9.97. The van der Waals surface area contributed by atoms with E-state index in [9.17, 15) is 0 Å². The lowest BCUT2D eigenvalue weighted by atomic mass is 10.1. The van der Waals surface area contributed by atoms with E-state index in [2.05, 4.69) is 16.0 Å². The van der Waals surface area contributed by atoms with Gasteiger partial charge in [0.15, 0.2) is 5.16 Å². The monoisotopic (exact) mass is 307 g/mol. The second-order valence-electron chi connectivity index (χ2n) is 4.71.